The number of esters is 2. The molecule has 0 aromatic heterocycles. The number of ketones is 3. The molecular weight excluding hydrogens is 1050 g/mol. The summed E-state index contributed by atoms with van der Waals surface area (Å²) >= 11 is 10.9. The number of piperazine rings is 1. The number of carbonyl (C=O) groups excluding carboxylic acids is 8. The number of halogens is 2. The average molecular weight is 1110 g/mol. The number of hydrogen-bond donors (Lipinski definition) is 7. The molecule has 0 bridgehead atoms. The van der Waals surface area contributed by atoms with Crippen molar-refractivity contribution in [3.05, 3.63) is 87.4 Å². The van der Waals surface area contributed by atoms with Gasteiger partial charge in [0.2, 0.25) is 17.7 Å². The van der Waals surface area contributed by atoms with E-state index in [9.17, 15) is 48.6 Å². The van der Waals surface area contributed by atoms with Gasteiger partial charge >= 0.3 is 18.0 Å². The minimum absolute atomic E-state index is 0.0319. The van der Waals surface area contributed by atoms with E-state index in [-0.39, 0.29) is 65.7 Å². The number of Topliss-reactive ketones (excluding diaryl/α,β-unsaturated/α-hetero) is 3. The van der Waals surface area contributed by atoms with E-state index in [0.29, 0.717) is 41.4 Å². The van der Waals surface area contributed by atoms with Crippen LogP contribution in [0.4, 0.5) is 4.79 Å². The number of methoxy groups -OCH3 is 2. The zero-order valence-corrected chi connectivity index (χ0v) is 45.0. The van der Waals surface area contributed by atoms with Crippen LogP contribution in [0.25, 0.3) is 10.8 Å². The van der Waals surface area contributed by atoms with Crippen LogP contribution in [0.1, 0.15) is 43.6 Å². The summed E-state index contributed by atoms with van der Waals surface area (Å²) in [4.78, 5) is 107. The van der Waals surface area contributed by atoms with Gasteiger partial charge in [-0.2, -0.15) is 0 Å². The Morgan fingerprint density at radius 3 is 2.27 bits per heavy atom. The normalized spacial score (nSPS) is 27.2. The molecule has 5 fully saturated rings. The maximum absolute atomic E-state index is 13.9. The van der Waals surface area contributed by atoms with Crippen molar-refractivity contribution >= 4 is 81.2 Å². The molecule has 2 aromatic rings. The standard InChI is InChI=1S/C31H33N3O11.C15H18N4O5.C5H11Cl2N/c1-14-7-6-8-18-19(14)9-17(42-5)10-20(18)30(41)45-27(31(4)13-43-31)29(40)33-23(28(39)32-21(12-35)15(2)36)24-26(44-16(3)37)25(38)22-11-34(22)24;1-5-9(16)12(21)8-6(4-24-14(17)22)15(23-2)13-7(18-13)3-19(15)10(8)11(5)20;1-8(4-2-6)5-3-7/h6-10,12,22,25-27,35,38H,11,13H2,1-5H3,(H,32,39)(H,33,40);6-7,13,18H,3-4,16H2,1-2H3,(H2,17,22);2-5H2,1H3/b21-12+,24-23+;;/t22-,25+,26+,27+,31-,34?;6-,7+,13+,15-;/m01./s1. The summed E-state index contributed by atoms with van der Waals surface area (Å²) in [5, 5.41) is 29.5. The summed E-state index contributed by atoms with van der Waals surface area (Å²) in [5.74, 6) is -3.91. The van der Waals surface area contributed by atoms with Gasteiger partial charge in [0.25, 0.3) is 11.8 Å². The Kier molecular flexibility index (Phi) is 17.3. The van der Waals surface area contributed by atoms with Gasteiger partial charge in [0, 0.05) is 76.1 Å². The quantitative estimate of drug-likeness (QED) is 0.0217. The molecule has 0 saturated carbocycles. The molecule has 9 atom stereocenters. The molecule has 2 aromatic carbocycles. The summed E-state index contributed by atoms with van der Waals surface area (Å²) in [7, 11) is 4.98. The van der Waals surface area contributed by atoms with E-state index in [1.165, 1.54) is 27.2 Å². The third-order valence-corrected chi connectivity index (χ3v) is 14.7. The van der Waals surface area contributed by atoms with Gasteiger partial charge in [-0.1, -0.05) is 18.2 Å². The number of epoxide rings is 1. The number of aliphatic hydroxyl groups is 2. The minimum atomic E-state index is -1.58. The molecule has 1 aliphatic carbocycles. The van der Waals surface area contributed by atoms with Crippen LogP contribution in [0, 0.1) is 12.8 Å². The van der Waals surface area contributed by atoms with Crippen LogP contribution in [0.2, 0.25) is 0 Å². The van der Waals surface area contributed by atoms with E-state index >= 15 is 0 Å². The lowest BCUT2D eigenvalue weighted by Gasteiger charge is -2.39. The first-order chi connectivity index (χ1) is 36.4. The third-order valence-electron chi connectivity index (χ3n) is 14.4. The predicted molar refractivity (Wildman–Crippen MR) is 275 cm³/mol. The SMILES string of the molecule is CN(CCCl)CCCl.CO[C@@]12[C@H](COC(N)=O)C3=C(C(=O)C(C)=C(N)C3=O)N1C[C@@H]1N[C@@H]12.COc1cc(C(=O)O[C@H](C(=O)N/C(C(=O)N/C(=C/O)C(C)=O)=C2\[C@@H](OC(C)=O)[C@H](O)[C@@H]3CN23)[C@]2(C)CO2)c2cccc(C)c2c1. The van der Waals surface area contributed by atoms with Crippen LogP contribution < -0.4 is 32.2 Å². The Hall–Kier alpha value is -6.80. The van der Waals surface area contributed by atoms with Crippen LogP contribution in [0.15, 0.2) is 76.2 Å². The molecule has 9 N–H and O–H groups in total. The molecular formula is C51H62Cl2N8O16. The first kappa shape index (κ1) is 57.9. The highest BCUT2D eigenvalue weighted by Crippen LogP contribution is 2.55. The number of alkyl halides is 2. The van der Waals surface area contributed by atoms with Crippen LogP contribution >= 0.6 is 23.2 Å². The molecule has 6 heterocycles. The van der Waals surface area contributed by atoms with Crippen molar-refractivity contribution in [2.75, 3.05) is 72.4 Å². The number of nitrogens with one attached hydrogen (secondary N) is 3. The van der Waals surface area contributed by atoms with Gasteiger partial charge in [-0.15, -0.1) is 23.2 Å². The maximum Gasteiger partial charge on any atom is 0.404 e. The number of piperidine rings is 1. The molecule has 0 spiro atoms. The number of aliphatic hydroxyl groups excluding tert-OH is 2. The molecule has 7 aliphatic rings. The highest BCUT2D eigenvalue weighted by Gasteiger charge is 2.72. The second-order valence-corrected chi connectivity index (χ2v) is 20.2. The molecule has 0 unspecified atom stereocenters. The second-order valence-electron chi connectivity index (χ2n) is 19.4. The first-order valence-corrected chi connectivity index (χ1v) is 25.4. The van der Waals surface area contributed by atoms with Crippen molar-refractivity contribution in [3.63, 3.8) is 0 Å². The number of rotatable bonds is 17. The number of nitrogens with zero attached hydrogens (tertiary/aromatic N) is 3. The second kappa shape index (κ2) is 23.0. The van der Waals surface area contributed by atoms with E-state index in [1.807, 2.05) is 24.9 Å². The average Bonchev–Trinajstić information content (AvgIpc) is 4.48. The molecule has 6 aliphatic heterocycles. The molecule has 3 amide bonds. The Morgan fingerprint density at radius 1 is 1.03 bits per heavy atom. The fourth-order valence-corrected chi connectivity index (χ4v) is 10.6. The zero-order chi connectivity index (χ0) is 56.6. The lowest BCUT2D eigenvalue weighted by atomic mass is 9.82. The molecule has 0 radical (unpaired) electrons. The number of allylic oxidation sites excluding steroid dienone is 3. The largest absolute Gasteiger partial charge is 0.513 e. The summed E-state index contributed by atoms with van der Waals surface area (Å²) in [6, 6.07) is 8.27. The van der Waals surface area contributed by atoms with Gasteiger partial charge in [0.15, 0.2) is 17.6 Å². The Bertz CT molecular complexity index is 2920. The number of fused-ring (bicyclic) bond motifs is 6. The maximum atomic E-state index is 13.9. The summed E-state index contributed by atoms with van der Waals surface area (Å²) < 4.78 is 32.7. The van der Waals surface area contributed by atoms with E-state index in [2.05, 4.69) is 20.9 Å². The Morgan fingerprint density at radius 2 is 1.70 bits per heavy atom. The Labute approximate surface area is 452 Å². The van der Waals surface area contributed by atoms with Crippen molar-refractivity contribution in [2.24, 2.45) is 17.4 Å². The van der Waals surface area contributed by atoms with E-state index in [0.717, 1.165) is 37.9 Å². The van der Waals surface area contributed by atoms with Crippen LogP contribution in [0.5, 0.6) is 5.75 Å². The van der Waals surface area contributed by atoms with E-state index in [1.54, 1.807) is 30.0 Å². The van der Waals surface area contributed by atoms with Crippen LogP contribution in [0.3, 0.4) is 0 Å². The number of amides is 3. The number of aryl methyl sites for hydroxylation is 1. The highest BCUT2D eigenvalue weighted by atomic mass is 35.5. The monoisotopic (exact) mass is 1110 g/mol. The first-order valence-electron chi connectivity index (χ1n) is 24.3. The van der Waals surface area contributed by atoms with Crippen molar-refractivity contribution in [1.82, 2.24) is 30.7 Å². The summed E-state index contributed by atoms with van der Waals surface area (Å²) in [6.45, 7) is 9.75. The third kappa shape index (κ3) is 11.3. The number of carbonyl (C=O) groups is 8. The molecule has 9 rings (SSSR count). The smallest absolute Gasteiger partial charge is 0.404 e. The topological polar surface area (TPSA) is 343 Å². The van der Waals surface area contributed by atoms with Crippen LogP contribution in [-0.2, 0) is 52.5 Å². The fraction of sp³-hybridized carbons (Fsp3) is 0.490. The van der Waals surface area contributed by atoms with Gasteiger partial charge in [0.1, 0.15) is 41.7 Å². The molecule has 77 heavy (non-hydrogen) atoms. The zero-order valence-electron chi connectivity index (χ0n) is 43.5. The highest BCUT2D eigenvalue weighted by molar-refractivity contribution is 6.25. The number of hydrogen-bond acceptors (Lipinski definition) is 21. The number of nitrogens with two attached hydrogens (primary N) is 2. The van der Waals surface area contributed by atoms with Crippen LogP contribution in [-0.4, -0.2) is 192 Å². The molecule has 26 heteroatoms. The molecule has 24 nitrogen and oxygen atoms in total. The Balaban J connectivity index is 0.000000222. The number of benzene rings is 2. The van der Waals surface area contributed by atoms with Crippen molar-refractivity contribution in [3.8, 4) is 5.75 Å². The van der Waals surface area contributed by atoms with Gasteiger partial charge in [-0.3, -0.25) is 28.8 Å². The molecule has 416 valence electrons. The lowest BCUT2D eigenvalue weighted by molar-refractivity contribution is -0.148. The summed E-state index contributed by atoms with van der Waals surface area (Å²) in [5.41, 5.74) is 9.42. The van der Waals surface area contributed by atoms with Crippen molar-refractivity contribution < 1.29 is 77.0 Å². The number of primary amides is 1. The predicted octanol–water partition coefficient (Wildman–Crippen LogP) is 0.639. The lowest BCUT2D eigenvalue weighted by Crippen LogP contribution is -2.55. The van der Waals surface area contributed by atoms with Gasteiger partial charge in [-0.25, -0.2) is 9.59 Å². The van der Waals surface area contributed by atoms with E-state index < -0.39 is 94.4 Å². The van der Waals surface area contributed by atoms with Crippen molar-refractivity contribution in [2.45, 2.75) is 82.4 Å². The summed E-state index contributed by atoms with van der Waals surface area (Å²) in [6.07, 6.45) is -4.69. The van der Waals surface area contributed by atoms with Gasteiger partial charge in [-0.05, 0) is 56.3 Å². The number of ether oxygens (including phenoxy) is 6. The van der Waals surface area contributed by atoms with Crippen molar-refractivity contribution in [1.29, 1.82) is 0 Å². The molecule has 5 saturated heterocycles. The fourth-order valence-electron chi connectivity index (χ4n) is 10.1. The minimum Gasteiger partial charge on any atom is -0.513 e. The van der Waals surface area contributed by atoms with Gasteiger partial charge < -0.3 is 80.8 Å². The van der Waals surface area contributed by atoms with Gasteiger partial charge in [0.05, 0.1) is 54.4 Å². The van der Waals surface area contributed by atoms with E-state index in [4.69, 9.17) is 63.1 Å².